The minimum absolute atomic E-state index is 1.06. The molecule has 2 heteroatoms. The topological polar surface area (TPSA) is 12.0 Å². The van der Waals surface area contributed by atoms with Crippen LogP contribution in [0.25, 0.3) is 20.2 Å². The van der Waals surface area contributed by atoms with Crippen LogP contribution in [-0.4, -0.2) is 13.1 Å². The zero-order valence-corrected chi connectivity index (χ0v) is 12.1. The smallest absolute Gasteiger partial charge is 0.0355 e. The van der Waals surface area contributed by atoms with E-state index in [1.165, 1.54) is 32.2 Å². The summed E-state index contributed by atoms with van der Waals surface area (Å²) in [7, 11) is 0. The molecule has 0 radical (unpaired) electrons. The SMILES string of the molecule is CCNCCCc1ccc2sc3ccccc3c2c1. The van der Waals surface area contributed by atoms with E-state index in [-0.39, 0.29) is 0 Å². The molecule has 0 aliphatic rings. The molecule has 0 aliphatic heterocycles. The van der Waals surface area contributed by atoms with Gasteiger partial charge in [-0.3, -0.25) is 0 Å². The molecule has 1 heterocycles. The van der Waals surface area contributed by atoms with Crippen molar-refractivity contribution in [2.45, 2.75) is 19.8 Å². The van der Waals surface area contributed by atoms with Crippen LogP contribution in [0.1, 0.15) is 18.9 Å². The van der Waals surface area contributed by atoms with Gasteiger partial charge in [-0.05, 0) is 49.7 Å². The minimum atomic E-state index is 1.06. The number of thiophene rings is 1. The monoisotopic (exact) mass is 269 g/mol. The number of hydrogen-bond donors (Lipinski definition) is 1. The summed E-state index contributed by atoms with van der Waals surface area (Å²) in [5.41, 5.74) is 1.45. The second-order valence-electron chi connectivity index (χ2n) is 4.89. The first-order valence-electron chi connectivity index (χ1n) is 6.99. The highest BCUT2D eigenvalue weighted by atomic mass is 32.1. The third kappa shape index (κ3) is 2.65. The number of rotatable bonds is 5. The van der Waals surface area contributed by atoms with E-state index in [1.807, 2.05) is 11.3 Å². The van der Waals surface area contributed by atoms with Crippen molar-refractivity contribution >= 4 is 31.5 Å². The van der Waals surface area contributed by atoms with Gasteiger partial charge in [0.05, 0.1) is 0 Å². The molecule has 0 saturated heterocycles. The molecule has 1 nitrogen and oxygen atoms in total. The molecule has 98 valence electrons. The molecule has 0 unspecified atom stereocenters. The van der Waals surface area contributed by atoms with E-state index in [4.69, 9.17) is 0 Å². The first-order chi connectivity index (χ1) is 9.38. The maximum Gasteiger partial charge on any atom is 0.0355 e. The predicted molar refractivity (Wildman–Crippen MR) is 86.2 cm³/mol. The van der Waals surface area contributed by atoms with Gasteiger partial charge in [-0.25, -0.2) is 0 Å². The zero-order chi connectivity index (χ0) is 13.1. The molecule has 0 bridgehead atoms. The highest BCUT2D eigenvalue weighted by Crippen LogP contribution is 2.34. The maximum absolute atomic E-state index is 3.38. The molecule has 0 amide bonds. The van der Waals surface area contributed by atoms with Crippen molar-refractivity contribution in [3.8, 4) is 0 Å². The van der Waals surface area contributed by atoms with Gasteiger partial charge in [-0.1, -0.05) is 31.2 Å². The van der Waals surface area contributed by atoms with Gasteiger partial charge in [0.1, 0.15) is 0 Å². The van der Waals surface area contributed by atoms with E-state index < -0.39 is 0 Å². The Balaban J connectivity index is 1.89. The van der Waals surface area contributed by atoms with Crippen LogP contribution in [0.15, 0.2) is 42.5 Å². The lowest BCUT2D eigenvalue weighted by Crippen LogP contribution is -2.14. The largest absolute Gasteiger partial charge is 0.317 e. The molecule has 2 aromatic carbocycles. The molecule has 19 heavy (non-hydrogen) atoms. The van der Waals surface area contributed by atoms with Crippen LogP contribution in [0.3, 0.4) is 0 Å². The fourth-order valence-electron chi connectivity index (χ4n) is 2.52. The Morgan fingerprint density at radius 2 is 1.84 bits per heavy atom. The van der Waals surface area contributed by atoms with Crippen molar-refractivity contribution in [2.75, 3.05) is 13.1 Å². The molecule has 3 aromatic rings. The van der Waals surface area contributed by atoms with Crippen molar-refractivity contribution in [1.82, 2.24) is 5.32 Å². The van der Waals surface area contributed by atoms with Crippen LogP contribution in [0.2, 0.25) is 0 Å². The van der Waals surface area contributed by atoms with E-state index in [0.29, 0.717) is 0 Å². The predicted octanol–water partition coefficient (Wildman–Crippen LogP) is 4.60. The fourth-order valence-corrected chi connectivity index (χ4v) is 3.61. The lowest BCUT2D eigenvalue weighted by Gasteiger charge is -2.03. The Bertz CT molecular complexity index is 684. The van der Waals surface area contributed by atoms with Crippen molar-refractivity contribution in [1.29, 1.82) is 0 Å². The van der Waals surface area contributed by atoms with Gasteiger partial charge in [-0.15, -0.1) is 11.3 Å². The molecule has 0 spiro atoms. The zero-order valence-electron chi connectivity index (χ0n) is 11.3. The van der Waals surface area contributed by atoms with Crippen molar-refractivity contribution in [3.63, 3.8) is 0 Å². The van der Waals surface area contributed by atoms with Gasteiger partial charge in [-0.2, -0.15) is 0 Å². The second-order valence-corrected chi connectivity index (χ2v) is 5.97. The third-order valence-corrected chi connectivity index (χ3v) is 4.66. The van der Waals surface area contributed by atoms with Crippen LogP contribution in [-0.2, 0) is 6.42 Å². The van der Waals surface area contributed by atoms with Crippen molar-refractivity contribution in [2.24, 2.45) is 0 Å². The van der Waals surface area contributed by atoms with Gasteiger partial charge >= 0.3 is 0 Å². The normalized spacial score (nSPS) is 11.4. The van der Waals surface area contributed by atoms with E-state index in [1.54, 1.807) is 0 Å². The Hall–Kier alpha value is -1.38. The number of nitrogens with one attached hydrogen (secondary N) is 1. The van der Waals surface area contributed by atoms with E-state index >= 15 is 0 Å². The Morgan fingerprint density at radius 3 is 2.74 bits per heavy atom. The molecule has 0 saturated carbocycles. The van der Waals surface area contributed by atoms with Crippen molar-refractivity contribution in [3.05, 3.63) is 48.0 Å². The average Bonchev–Trinajstić information content (AvgIpc) is 2.82. The number of aryl methyl sites for hydroxylation is 1. The van der Waals surface area contributed by atoms with E-state index in [9.17, 15) is 0 Å². The van der Waals surface area contributed by atoms with Crippen LogP contribution in [0, 0.1) is 0 Å². The molecule has 3 rings (SSSR count). The average molecular weight is 269 g/mol. The summed E-state index contributed by atoms with van der Waals surface area (Å²) in [6.07, 6.45) is 2.37. The molecule has 0 fully saturated rings. The molecule has 1 aromatic heterocycles. The van der Waals surface area contributed by atoms with Gasteiger partial charge in [0.15, 0.2) is 0 Å². The first kappa shape index (κ1) is 12.6. The number of benzene rings is 2. The van der Waals surface area contributed by atoms with Crippen LogP contribution < -0.4 is 5.32 Å². The molecular weight excluding hydrogens is 250 g/mol. The van der Waals surface area contributed by atoms with E-state index in [0.717, 1.165) is 19.5 Å². The summed E-state index contributed by atoms with van der Waals surface area (Å²) >= 11 is 1.89. The summed E-state index contributed by atoms with van der Waals surface area (Å²) in [4.78, 5) is 0. The Morgan fingerprint density at radius 1 is 1.00 bits per heavy atom. The standard InChI is InChI=1S/C17H19NS/c1-2-18-11-5-6-13-9-10-17-15(12-13)14-7-3-4-8-16(14)19-17/h3-4,7-10,12,18H,2,5-6,11H2,1H3. The van der Waals surface area contributed by atoms with Crippen LogP contribution in [0.5, 0.6) is 0 Å². The summed E-state index contributed by atoms with van der Waals surface area (Å²) < 4.78 is 2.79. The number of hydrogen-bond acceptors (Lipinski definition) is 2. The number of fused-ring (bicyclic) bond motifs is 3. The molecule has 1 N–H and O–H groups in total. The summed E-state index contributed by atoms with van der Waals surface area (Å²) in [5.74, 6) is 0. The minimum Gasteiger partial charge on any atom is -0.317 e. The highest BCUT2D eigenvalue weighted by molar-refractivity contribution is 7.25. The summed E-state index contributed by atoms with van der Waals surface area (Å²) in [5, 5.41) is 6.20. The fraction of sp³-hybridized carbons (Fsp3) is 0.294. The van der Waals surface area contributed by atoms with Gasteiger partial charge in [0, 0.05) is 20.2 Å². The van der Waals surface area contributed by atoms with Gasteiger partial charge in [0.25, 0.3) is 0 Å². The Kier molecular flexibility index (Phi) is 3.81. The van der Waals surface area contributed by atoms with Gasteiger partial charge in [0.2, 0.25) is 0 Å². The van der Waals surface area contributed by atoms with E-state index in [2.05, 4.69) is 54.7 Å². The quantitative estimate of drug-likeness (QED) is 0.668. The van der Waals surface area contributed by atoms with Crippen LogP contribution in [0.4, 0.5) is 0 Å². The lowest BCUT2D eigenvalue weighted by atomic mass is 10.1. The third-order valence-electron chi connectivity index (χ3n) is 3.51. The highest BCUT2D eigenvalue weighted by Gasteiger charge is 2.04. The molecule has 0 atom stereocenters. The lowest BCUT2D eigenvalue weighted by molar-refractivity contribution is 0.673. The summed E-state index contributed by atoms with van der Waals surface area (Å²) in [6, 6.07) is 15.6. The maximum atomic E-state index is 3.38. The summed E-state index contributed by atoms with van der Waals surface area (Å²) in [6.45, 7) is 4.33. The van der Waals surface area contributed by atoms with Crippen LogP contribution >= 0.6 is 11.3 Å². The second kappa shape index (κ2) is 5.72. The van der Waals surface area contributed by atoms with Crippen molar-refractivity contribution < 1.29 is 0 Å². The molecular formula is C17H19NS. The molecule has 0 aliphatic carbocycles. The Labute approximate surface area is 118 Å². The first-order valence-corrected chi connectivity index (χ1v) is 7.81. The van der Waals surface area contributed by atoms with Gasteiger partial charge < -0.3 is 5.32 Å².